The van der Waals surface area contributed by atoms with E-state index in [-0.39, 0.29) is 0 Å². The summed E-state index contributed by atoms with van der Waals surface area (Å²) in [6, 6.07) is 19.9. The van der Waals surface area contributed by atoms with Gasteiger partial charge in [-0.3, -0.25) is 0 Å². The number of rotatable bonds is 5. The lowest BCUT2D eigenvalue weighted by Crippen LogP contribution is -2.10. The molecule has 5 nitrogen and oxygen atoms in total. The number of imidazole rings is 1. The number of aryl methyl sites for hydroxylation is 1. The minimum Gasteiger partial charge on any atom is -0.494 e. The highest BCUT2D eigenvalue weighted by Gasteiger charge is 2.16. The minimum absolute atomic E-state index is 0.392. The van der Waals surface area contributed by atoms with Crippen molar-refractivity contribution in [2.75, 3.05) is 7.11 Å². The van der Waals surface area contributed by atoms with Crippen LogP contribution in [-0.2, 0) is 0 Å². The molecule has 0 aliphatic carbocycles. The molecule has 1 aromatic heterocycles. The normalized spacial score (nSPS) is 10.6. The van der Waals surface area contributed by atoms with Crippen molar-refractivity contribution in [2.24, 2.45) is 0 Å². The van der Waals surface area contributed by atoms with Crippen LogP contribution < -0.4 is 9.47 Å². The summed E-state index contributed by atoms with van der Waals surface area (Å²) in [6.45, 7) is 1.91. The number of methoxy groups -OCH3 is 1. The number of ether oxygens (including phenoxy) is 2. The molecule has 6 heteroatoms. The Labute approximate surface area is 179 Å². The number of nitrogens with zero attached hydrogens (tertiary/aromatic N) is 2. The minimum atomic E-state index is -0.450. The van der Waals surface area contributed by atoms with Crippen LogP contribution in [-0.4, -0.2) is 22.6 Å². The summed E-state index contributed by atoms with van der Waals surface area (Å²) < 4.78 is 13.0. The smallest absolute Gasteiger partial charge is 0.344 e. The quantitative estimate of drug-likeness (QED) is 0.307. The number of carbonyl (C=O) groups excluding carboxylic acids is 1. The number of halogens is 1. The van der Waals surface area contributed by atoms with Gasteiger partial charge in [0.05, 0.1) is 30.4 Å². The fourth-order valence-electron chi connectivity index (χ4n) is 3.19. The Morgan fingerprint density at radius 2 is 1.80 bits per heavy atom. The lowest BCUT2D eigenvalue weighted by atomic mass is 10.00. The first-order valence-corrected chi connectivity index (χ1v) is 9.69. The Morgan fingerprint density at radius 1 is 1.03 bits per heavy atom. The number of carbonyl (C=O) groups is 1. The van der Waals surface area contributed by atoms with Gasteiger partial charge < -0.3 is 14.0 Å². The van der Waals surface area contributed by atoms with Gasteiger partial charge in [-0.1, -0.05) is 41.9 Å². The molecule has 0 saturated carbocycles. The van der Waals surface area contributed by atoms with Gasteiger partial charge in [-0.25, -0.2) is 9.78 Å². The summed E-state index contributed by atoms with van der Waals surface area (Å²) in [5.74, 6) is 0.515. The molecule has 0 N–H and O–H groups in total. The Bertz CT molecular complexity index is 1200. The van der Waals surface area contributed by atoms with Crippen molar-refractivity contribution >= 4 is 17.6 Å². The van der Waals surface area contributed by atoms with E-state index in [9.17, 15) is 4.79 Å². The first-order chi connectivity index (χ1) is 14.5. The molecule has 0 saturated heterocycles. The van der Waals surface area contributed by atoms with Crippen LogP contribution in [0.4, 0.5) is 0 Å². The van der Waals surface area contributed by atoms with E-state index >= 15 is 0 Å². The Hall–Kier alpha value is -3.57. The number of esters is 1. The molecule has 1 heterocycles. The molecule has 0 fully saturated rings. The number of hydrogen-bond acceptors (Lipinski definition) is 4. The molecule has 4 rings (SSSR count). The second-order valence-electron chi connectivity index (χ2n) is 6.70. The lowest BCUT2D eigenvalue weighted by molar-refractivity contribution is 0.0735. The molecule has 0 aliphatic rings. The predicted molar refractivity (Wildman–Crippen MR) is 117 cm³/mol. The molecule has 30 heavy (non-hydrogen) atoms. The van der Waals surface area contributed by atoms with Gasteiger partial charge in [0.2, 0.25) is 0 Å². The Morgan fingerprint density at radius 3 is 2.50 bits per heavy atom. The summed E-state index contributed by atoms with van der Waals surface area (Å²) in [7, 11) is 1.57. The Kier molecular flexibility index (Phi) is 5.55. The van der Waals surface area contributed by atoms with Crippen LogP contribution in [0, 0.1) is 6.92 Å². The molecule has 4 aromatic rings. The van der Waals surface area contributed by atoms with Gasteiger partial charge in [0.25, 0.3) is 0 Å². The maximum Gasteiger partial charge on any atom is 0.344 e. The molecule has 0 bridgehead atoms. The number of aromatic nitrogens is 2. The van der Waals surface area contributed by atoms with Crippen molar-refractivity contribution in [1.82, 2.24) is 9.55 Å². The van der Waals surface area contributed by atoms with Crippen LogP contribution in [0.3, 0.4) is 0 Å². The van der Waals surface area contributed by atoms with Crippen LogP contribution in [0.25, 0.3) is 16.8 Å². The summed E-state index contributed by atoms with van der Waals surface area (Å²) in [4.78, 5) is 17.2. The zero-order valence-electron chi connectivity index (χ0n) is 16.5. The predicted octanol–water partition coefficient (Wildman–Crippen LogP) is 5.73. The molecule has 0 atom stereocenters. The summed E-state index contributed by atoms with van der Waals surface area (Å²) in [5, 5.41) is 0.638. The Balaban J connectivity index is 1.63. The highest BCUT2D eigenvalue weighted by molar-refractivity contribution is 6.30. The SMILES string of the molecule is COc1cc(OC(=O)c2ccccc2-c2ccc(Cl)cc2)ccc1-n1cnc(C)c1. The van der Waals surface area contributed by atoms with Crippen LogP contribution in [0.5, 0.6) is 11.5 Å². The van der Waals surface area contributed by atoms with Crippen LogP contribution >= 0.6 is 11.6 Å². The average molecular weight is 419 g/mol. The largest absolute Gasteiger partial charge is 0.494 e. The van der Waals surface area contributed by atoms with E-state index in [0.29, 0.717) is 22.1 Å². The van der Waals surface area contributed by atoms with Gasteiger partial charge >= 0.3 is 5.97 Å². The maximum atomic E-state index is 12.9. The van der Waals surface area contributed by atoms with Crippen molar-refractivity contribution in [3.8, 4) is 28.3 Å². The third kappa shape index (κ3) is 4.07. The van der Waals surface area contributed by atoms with Crippen molar-refractivity contribution in [1.29, 1.82) is 0 Å². The van der Waals surface area contributed by atoms with E-state index in [4.69, 9.17) is 21.1 Å². The number of hydrogen-bond donors (Lipinski definition) is 0. The first kappa shape index (κ1) is 19.7. The van der Waals surface area contributed by atoms with Crippen LogP contribution in [0.15, 0.2) is 79.3 Å². The summed E-state index contributed by atoms with van der Waals surface area (Å²) in [6.07, 6.45) is 3.60. The van der Waals surface area contributed by atoms with Crippen molar-refractivity contribution in [3.63, 3.8) is 0 Å². The standard InChI is InChI=1S/C24H19ClN2O3/c1-16-14-27(15-26-16)22-12-11-19(13-23(22)29-2)30-24(28)21-6-4-3-5-20(21)17-7-9-18(25)10-8-17/h3-15H,1-2H3. The maximum absolute atomic E-state index is 12.9. The zero-order valence-corrected chi connectivity index (χ0v) is 17.3. The second kappa shape index (κ2) is 8.43. The average Bonchev–Trinajstić information content (AvgIpc) is 3.20. The highest BCUT2D eigenvalue weighted by Crippen LogP contribution is 2.30. The van der Waals surface area contributed by atoms with Crippen molar-refractivity contribution < 1.29 is 14.3 Å². The van der Waals surface area contributed by atoms with Gasteiger partial charge in [0.1, 0.15) is 11.5 Å². The van der Waals surface area contributed by atoms with Gasteiger partial charge in [0, 0.05) is 17.3 Å². The van der Waals surface area contributed by atoms with E-state index in [1.807, 2.05) is 48.0 Å². The number of benzene rings is 3. The van der Waals surface area contributed by atoms with Gasteiger partial charge in [-0.05, 0) is 48.4 Å². The summed E-state index contributed by atoms with van der Waals surface area (Å²) >= 11 is 5.99. The van der Waals surface area contributed by atoms with Gasteiger partial charge in [-0.2, -0.15) is 0 Å². The van der Waals surface area contributed by atoms with Crippen LogP contribution in [0.2, 0.25) is 5.02 Å². The van der Waals surface area contributed by atoms with E-state index in [1.165, 1.54) is 0 Å². The van der Waals surface area contributed by atoms with E-state index in [0.717, 1.165) is 22.5 Å². The fraction of sp³-hybridized carbons (Fsp3) is 0.0833. The van der Waals surface area contributed by atoms with E-state index in [1.54, 1.807) is 49.8 Å². The third-order valence-corrected chi connectivity index (χ3v) is 4.91. The second-order valence-corrected chi connectivity index (χ2v) is 7.13. The van der Waals surface area contributed by atoms with Crippen molar-refractivity contribution in [3.05, 3.63) is 95.5 Å². The molecule has 0 radical (unpaired) electrons. The molecular formula is C24H19ClN2O3. The summed E-state index contributed by atoms with van der Waals surface area (Å²) in [5.41, 5.74) is 3.82. The van der Waals surface area contributed by atoms with E-state index < -0.39 is 5.97 Å². The first-order valence-electron chi connectivity index (χ1n) is 9.31. The molecular weight excluding hydrogens is 400 g/mol. The molecule has 0 aliphatic heterocycles. The molecule has 3 aromatic carbocycles. The highest BCUT2D eigenvalue weighted by atomic mass is 35.5. The topological polar surface area (TPSA) is 53.4 Å². The molecule has 0 spiro atoms. The fourth-order valence-corrected chi connectivity index (χ4v) is 3.32. The van der Waals surface area contributed by atoms with Crippen LogP contribution in [0.1, 0.15) is 16.1 Å². The van der Waals surface area contributed by atoms with E-state index in [2.05, 4.69) is 4.98 Å². The molecule has 0 unspecified atom stereocenters. The molecule has 0 amide bonds. The third-order valence-electron chi connectivity index (χ3n) is 4.65. The molecule has 150 valence electrons. The van der Waals surface area contributed by atoms with Gasteiger partial charge in [0.15, 0.2) is 0 Å². The lowest BCUT2D eigenvalue weighted by Gasteiger charge is -2.13. The monoisotopic (exact) mass is 418 g/mol. The zero-order chi connectivity index (χ0) is 21.1. The van der Waals surface area contributed by atoms with Crippen molar-refractivity contribution in [2.45, 2.75) is 6.92 Å². The van der Waals surface area contributed by atoms with Gasteiger partial charge in [-0.15, -0.1) is 0 Å².